The highest BCUT2D eigenvalue weighted by Crippen LogP contribution is 2.09. The molecule has 10 heteroatoms. The number of amides is 1. The molecule has 1 N–H and O–H groups in total. The molecule has 1 amide bonds. The topological polar surface area (TPSA) is 104 Å². The number of ether oxygens (including phenoxy) is 1. The Morgan fingerprint density at radius 1 is 1.26 bits per heavy atom. The fourth-order valence-corrected chi connectivity index (χ4v) is 3.05. The van der Waals surface area contributed by atoms with Crippen LogP contribution in [0.1, 0.15) is 17.5 Å². The largest absolute Gasteiger partial charge is 0.459 e. The first-order valence-electron chi connectivity index (χ1n) is 9.02. The molecule has 1 aliphatic rings. The van der Waals surface area contributed by atoms with Gasteiger partial charge in [0, 0.05) is 39.0 Å². The molecule has 1 aliphatic heterocycles. The van der Waals surface area contributed by atoms with Gasteiger partial charge < -0.3 is 24.3 Å². The lowest BCUT2D eigenvalue weighted by molar-refractivity contribution is 0.0657. The summed E-state index contributed by atoms with van der Waals surface area (Å²) in [5.74, 6) is 1.05. The van der Waals surface area contributed by atoms with Crippen molar-refractivity contribution in [3.8, 4) is 0 Å². The number of rotatable bonds is 8. The van der Waals surface area contributed by atoms with E-state index in [1.807, 2.05) is 6.92 Å². The second-order valence-corrected chi connectivity index (χ2v) is 8.49. The molecule has 0 unspecified atom stereocenters. The number of nitrogens with zero attached hydrogens (tertiary/aromatic N) is 3. The van der Waals surface area contributed by atoms with Gasteiger partial charge in [-0.05, 0) is 19.1 Å². The van der Waals surface area contributed by atoms with Crippen LogP contribution in [-0.4, -0.2) is 94.6 Å². The number of guanidine groups is 1. The first-order chi connectivity index (χ1) is 12.9. The zero-order chi connectivity index (χ0) is 19.7. The predicted octanol–water partition coefficient (Wildman–Crippen LogP) is 0.0641. The van der Waals surface area contributed by atoms with Gasteiger partial charge in [0.1, 0.15) is 9.84 Å². The van der Waals surface area contributed by atoms with Crippen LogP contribution in [0, 0.1) is 0 Å². The molecular formula is C17H28N4O5S. The molecular weight excluding hydrogens is 372 g/mol. The first-order valence-corrected chi connectivity index (χ1v) is 11.1. The van der Waals surface area contributed by atoms with Crippen LogP contribution in [0.2, 0.25) is 0 Å². The van der Waals surface area contributed by atoms with Gasteiger partial charge >= 0.3 is 0 Å². The molecule has 1 aromatic rings. The standard InChI is InChI=1S/C17H28N4O5S/c1-3-18-17(19-6-12-25-13-14-27(2,23)24)21-9-7-20(8-10-21)16(22)15-5-4-11-26-15/h4-5,11H,3,6-10,12-14H2,1-2H3,(H,18,19). The van der Waals surface area contributed by atoms with Gasteiger partial charge in [-0.25, -0.2) is 8.42 Å². The van der Waals surface area contributed by atoms with Crippen LogP contribution < -0.4 is 5.32 Å². The lowest BCUT2D eigenvalue weighted by atomic mass is 10.3. The summed E-state index contributed by atoms with van der Waals surface area (Å²) in [5.41, 5.74) is 0. The summed E-state index contributed by atoms with van der Waals surface area (Å²) in [5, 5.41) is 3.24. The second kappa shape index (κ2) is 10.3. The van der Waals surface area contributed by atoms with Gasteiger partial charge in [-0.15, -0.1) is 0 Å². The summed E-state index contributed by atoms with van der Waals surface area (Å²) in [6.07, 6.45) is 2.69. The number of sulfone groups is 1. The van der Waals surface area contributed by atoms with Crippen LogP contribution in [0.5, 0.6) is 0 Å². The van der Waals surface area contributed by atoms with Gasteiger partial charge in [0.15, 0.2) is 11.7 Å². The molecule has 0 aliphatic carbocycles. The van der Waals surface area contributed by atoms with E-state index in [-0.39, 0.29) is 18.3 Å². The van der Waals surface area contributed by atoms with E-state index in [1.54, 1.807) is 17.0 Å². The summed E-state index contributed by atoms with van der Waals surface area (Å²) >= 11 is 0. The van der Waals surface area contributed by atoms with E-state index in [9.17, 15) is 13.2 Å². The van der Waals surface area contributed by atoms with Crippen LogP contribution in [0.25, 0.3) is 0 Å². The van der Waals surface area contributed by atoms with Crippen molar-refractivity contribution in [2.45, 2.75) is 6.92 Å². The van der Waals surface area contributed by atoms with Gasteiger partial charge in [-0.2, -0.15) is 0 Å². The summed E-state index contributed by atoms with van der Waals surface area (Å²) < 4.78 is 32.6. The van der Waals surface area contributed by atoms with Crippen molar-refractivity contribution in [3.05, 3.63) is 24.2 Å². The molecule has 0 spiro atoms. The molecule has 0 radical (unpaired) electrons. The fraction of sp³-hybridized carbons (Fsp3) is 0.647. The molecule has 1 fully saturated rings. The Morgan fingerprint density at radius 3 is 2.56 bits per heavy atom. The number of carbonyl (C=O) groups is 1. The number of aliphatic imine (C=N–C) groups is 1. The Labute approximate surface area is 160 Å². The normalized spacial score (nSPS) is 15.9. The van der Waals surface area contributed by atoms with Crippen molar-refractivity contribution in [2.75, 3.05) is 64.5 Å². The SMILES string of the molecule is CCNC(=NCCOCCS(C)(=O)=O)N1CCN(C(=O)c2ccco2)CC1. The molecule has 2 rings (SSSR count). The second-order valence-electron chi connectivity index (χ2n) is 6.23. The molecule has 152 valence electrons. The van der Waals surface area contributed by atoms with Crippen LogP contribution in [0.4, 0.5) is 0 Å². The van der Waals surface area contributed by atoms with Crippen molar-refractivity contribution in [1.29, 1.82) is 0 Å². The smallest absolute Gasteiger partial charge is 0.289 e. The lowest BCUT2D eigenvalue weighted by Crippen LogP contribution is -2.53. The molecule has 0 bridgehead atoms. The molecule has 0 saturated carbocycles. The number of nitrogens with one attached hydrogen (secondary N) is 1. The molecule has 2 heterocycles. The molecule has 27 heavy (non-hydrogen) atoms. The average molecular weight is 401 g/mol. The summed E-state index contributed by atoms with van der Waals surface area (Å²) in [6.45, 7) is 6.25. The third-order valence-electron chi connectivity index (χ3n) is 4.03. The highest BCUT2D eigenvalue weighted by atomic mass is 32.2. The van der Waals surface area contributed by atoms with Crippen molar-refractivity contribution >= 4 is 21.7 Å². The van der Waals surface area contributed by atoms with E-state index in [4.69, 9.17) is 9.15 Å². The van der Waals surface area contributed by atoms with E-state index in [2.05, 4.69) is 15.2 Å². The Hall–Kier alpha value is -2.07. The fourth-order valence-electron chi connectivity index (χ4n) is 2.63. The maximum absolute atomic E-state index is 12.3. The predicted molar refractivity (Wildman–Crippen MR) is 103 cm³/mol. The van der Waals surface area contributed by atoms with E-state index in [1.165, 1.54) is 12.5 Å². The van der Waals surface area contributed by atoms with Gasteiger partial charge in [-0.3, -0.25) is 9.79 Å². The number of hydrogen-bond donors (Lipinski definition) is 1. The van der Waals surface area contributed by atoms with Crippen LogP contribution in [0.15, 0.2) is 27.8 Å². The number of carbonyl (C=O) groups excluding carboxylic acids is 1. The minimum absolute atomic E-state index is 0.0163. The molecule has 9 nitrogen and oxygen atoms in total. The zero-order valence-corrected chi connectivity index (χ0v) is 16.7. The van der Waals surface area contributed by atoms with E-state index in [0.717, 1.165) is 12.5 Å². The zero-order valence-electron chi connectivity index (χ0n) is 15.9. The summed E-state index contributed by atoms with van der Waals surface area (Å²) in [6, 6.07) is 3.38. The van der Waals surface area contributed by atoms with E-state index in [0.29, 0.717) is 45.1 Å². The van der Waals surface area contributed by atoms with E-state index < -0.39 is 9.84 Å². The third kappa shape index (κ3) is 7.22. The minimum Gasteiger partial charge on any atom is -0.459 e. The van der Waals surface area contributed by atoms with Gasteiger partial charge in [0.05, 0.1) is 31.8 Å². The maximum Gasteiger partial charge on any atom is 0.289 e. The van der Waals surface area contributed by atoms with Crippen molar-refractivity contribution < 1.29 is 22.4 Å². The summed E-state index contributed by atoms with van der Waals surface area (Å²) in [7, 11) is -3.00. The highest BCUT2D eigenvalue weighted by Gasteiger charge is 2.25. The van der Waals surface area contributed by atoms with Crippen LogP contribution in [0.3, 0.4) is 0 Å². The van der Waals surface area contributed by atoms with Crippen molar-refractivity contribution in [2.24, 2.45) is 4.99 Å². The van der Waals surface area contributed by atoms with Crippen molar-refractivity contribution in [3.63, 3.8) is 0 Å². The number of piperazine rings is 1. The van der Waals surface area contributed by atoms with E-state index >= 15 is 0 Å². The first kappa shape index (κ1) is 21.2. The Morgan fingerprint density at radius 2 is 1.96 bits per heavy atom. The Kier molecular flexibility index (Phi) is 8.11. The number of furan rings is 1. The maximum atomic E-state index is 12.3. The molecule has 0 aromatic carbocycles. The Bertz CT molecular complexity index is 710. The highest BCUT2D eigenvalue weighted by molar-refractivity contribution is 7.90. The monoisotopic (exact) mass is 400 g/mol. The minimum atomic E-state index is -3.00. The Balaban J connectivity index is 1.78. The van der Waals surface area contributed by atoms with Gasteiger partial charge in [0.25, 0.3) is 5.91 Å². The third-order valence-corrected chi connectivity index (χ3v) is 4.94. The molecule has 0 atom stereocenters. The molecule has 1 aromatic heterocycles. The van der Waals surface area contributed by atoms with Crippen LogP contribution >= 0.6 is 0 Å². The van der Waals surface area contributed by atoms with Crippen molar-refractivity contribution in [1.82, 2.24) is 15.1 Å². The summed E-state index contributed by atoms with van der Waals surface area (Å²) in [4.78, 5) is 20.7. The van der Waals surface area contributed by atoms with Gasteiger partial charge in [0.2, 0.25) is 0 Å². The quantitative estimate of drug-likeness (QED) is 0.374. The average Bonchev–Trinajstić information content (AvgIpc) is 3.17. The lowest BCUT2D eigenvalue weighted by Gasteiger charge is -2.36. The number of hydrogen-bond acceptors (Lipinski definition) is 6. The van der Waals surface area contributed by atoms with Gasteiger partial charge in [-0.1, -0.05) is 0 Å². The van der Waals surface area contributed by atoms with Crippen LogP contribution in [-0.2, 0) is 14.6 Å². The molecule has 1 saturated heterocycles.